The smallest absolute Gasteiger partial charge is 0.205 e. The summed E-state index contributed by atoms with van der Waals surface area (Å²) in [5.41, 5.74) is 1.78. The monoisotopic (exact) mass is 231 g/mol. The van der Waals surface area contributed by atoms with E-state index in [2.05, 4.69) is 32.2 Å². The van der Waals surface area contributed by atoms with Gasteiger partial charge in [-0.25, -0.2) is 4.98 Å². The highest BCUT2D eigenvalue weighted by molar-refractivity contribution is 5.73. The van der Waals surface area contributed by atoms with Crippen molar-refractivity contribution in [3.63, 3.8) is 0 Å². The quantitative estimate of drug-likeness (QED) is 0.832. The lowest BCUT2D eigenvalue weighted by Gasteiger charge is -2.20. The van der Waals surface area contributed by atoms with Crippen LogP contribution in [0.25, 0.3) is 11.2 Å². The van der Waals surface area contributed by atoms with Crippen LogP contribution in [0.1, 0.15) is 12.8 Å². The maximum Gasteiger partial charge on any atom is 0.205 e. The lowest BCUT2D eigenvalue weighted by Crippen LogP contribution is -2.35. The maximum absolute atomic E-state index is 4.49. The van der Waals surface area contributed by atoms with Gasteiger partial charge in [-0.2, -0.15) is 4.98 Å². The predicted octanol–water partition coefficient (Wildman–Crippen LogP) is 1.15. The number of likely N-dealkylation sites (N-methyl/N-ethyl adjacent to an activating group) is 1. The van der Waals surface area contributed by atoms with E-state index in [9.17, 15) is 0 Å². The third-order valence-corrected chi connectivity index (χ3v) is 3.26. The van der Waals surface area contributed by atoms with Crippen LogP contribution in [0.15, 0.2) is 18.3 Å². The topological polar surface area (TPSA) is 56.8 Å². The molecule has 1 fully saturated rings. The van der Waals surface area contributed by atoms with Crippen molar-refractivity contribution in [1.82, 2.24) is 20.3 Å². The molecule has 0 aliphatic carbocycles. The minimum atomic E-state index is 0.584. The highest BCUT2D eigenvalue weighted by Gasteiger charge is 2.17. The molecule has 90 valence electrons. The van der Waals surface area contributed by atoms with Gasteiger partial charge in [-0.05, 0) is 31.5 Å². The largest absolute Gasteiger partial charge is 0.344 e. The first-order valence-corrected chi connectivity index (χ1v) is 6.08. The third kappa shape index (κ3) is 2.10. The molecule has 1 saturated heterocycles. The standard InChI is InChI=1S/C12H17N5/c1-17(8-9-4-2-6-13-9)12-15-10-5-3-7-14-11(10)16-12/h3,5,7,9,13H,2,4,6,8H2,1H3,(H,14,15,16). The summed E-state index contributed by atoms with van der Waals surface area (Å²) < 4.78 is 0. The minimum Gasteiger partial charge on any atom is -0.344 e. The fourth-order valence-electron chi connectivity index (χ4n) is 2.34. The summed E-state index contributed by atoms with van der Waals surface area (Å²) in [7, 11) is 2.07. The van der Waals surface area contributed by atoms with Crippen LogP contribution in [0.5, 0.6) is 0 Å². The van der Waals surface area contributed by atoms with Gasteiger partial charge in [0.05, 0.1) is 5.52 Å². The Bertz CT molecular complexity index is 467. The van der Waals surface area contributed by atoms with Crippen molar-refractivity contribution >= 4 is 17.1 Å². The lowest BCUT2D eigenvalue weighted by molar-refractivity contribution is 0.595. The summed E-state index contributed by atoms with van der Waals surface area (Å²) in [6.07, 6.45) is 4.30. The molecule has 1 aliphatic rings. The molecule has 0 bridgehead atoms. The van der Waals surface area contributed by atoms with Crippen LogP contribution in [0.4, 0.5) is 5.95 Å². The van der Waals surface area contributed by atoms with E-state index in [1.165, 1.54) is 12.8 Å². The molecule has 1 unspecified atom stereocenters. The van der Waals surface area contributed by atoms with E-state index in [4.69, 9.17) is 0 Å². The zero-order valence-electron chi connectivity index (χ0n) is 9.98. The number of pyridine rings is 1. The molecule has 0 amide bonds. The second-order valence-electron chi connectivity index (χ2n) is 4.61. The van der Waals surface area contributed by atoms with Crippen molar-refractivity contribution in [3.05, 3.63) is 18.3 Å². The Balaban J connectivity index is 1.77. The van der Waals surface area contributed by atoms with E-state index in [1.807, 2.05) is 12.1 Å². The van der Waals surface area contributed by atoms with Crippen LogP contribution in [-0.4, -0.2) is 41.1 Å². The zero-order valence-corrected chi connectivity index (χ0v) is 9.98. The Hall–Kier alpha value is -1.62. The molecule has 0 spiro atoms. The number of aromatic amines is 1. The molecule has 1 aliphatic heterocycles. The molecule has 2 N–H and O–H groups in total. The Morgan fingerprint density at radius 2 is 2.47 bits per heavy atom. The zero-order chi connectivity index (χ0) is 11.7. The molecule has 1 atom stereocenters. The molecule has 17 heavy (non-hydrogen) atoms. The van der Waals surface area contributed by atoms with E-state index < -0.39 is 0 Å². The van der Waals surface area contributed by atoms with Crippen LogP contribution in [0, 0.1) is 0 Å². The van der Waals surface area contributed by atoms with E-state index in [0.29, 0.717) is 6.04 Å². The number of nitrogens with one attached hydrogen (secondary N) is 2. The average molecular weight is 231 g/mol. The van der Waals surface area contributed by atoms with Crippen molar-refractivity contribution < 1.29 is 0 Å². The second-order valence-corrected chi connectivity index (χ2v) is 4.61. The highest BCUT2D eigenvalue weighted by Crippen LogP contribution is 2.15. The van der Waals surface area contributed by atoms with Crippen LogP contribution < -0.4 is 10.2 Å². The van der Waals surface area contributed by atoms with Gasteiger partial charge in [-0.1, -0.05) is 0 Å². The first-order chi connectivity index (χ1) is 8.33. The van der Waals surface area contributed by atoms with Crippen LogP contribution in [-0.2, 0) is 0 Å². The Morgan fingerprint density at radius 1 is 1.53 bits per heavy atom. The number of imidazole rings is 1. The Labute approximate surface area is 100 Å². The van der Waals surface area contributed by atoms with E-state index in [1.54, 1.807) is 6.20 Å². The maximum atomic E-state index is 4.49. The highest BCUT2D eigenvalue weighted by atomic mass is 15.3. The van der Waals surface area contributed by atoms with Gasteiger partial charge in [0, 0.05) is 25.8 Å². The number of anilines is 1. The average Bonchev–Trinajstić information content (AvgIpc) is 2.96. The molecule has 3 rings (SSSR count). The molecular formula is C12H17N5. The number of aromatic nitrogens is 3. The summed E-state index contributed by atoms with van der Waals surface area (Å²) in [4.78, 5) is 14.2. The van der Waals surface area contributed by atoms with Gasteiger partial charge >= 0.3 is 0 Å². The molecule has 0 aromatic carbocycles. The first kappa shape index (κ1) is 10.5. The SMILES string of the molecule is CN(CC1CCCN1)c1nc2ncccc2[nH]1. The van der Waals surface area contributed by atoms with Crippen LogP contribution >= 0.6 is 0 Å². The summed E-state index contributed by atoms with van der Waals surface area (Å²) in [5, 5.41) is 3.49. The van der Waals surface area contributed by atoms with Gasteiger partial charge in [-0.15, -0.1) is 0 Å². The minimum absolute atomic E-state index is 0.584. The Morgan fingerprint density at radius 3 is 3.24 bits per heavy atom. The summed E-state index contributed by atoms with van der Waals surface area (Å²) >= 11 is 0. The fourth-order valence-corrected chi connectivity index (χ4v) is 2.34. The van der Waals surface area contributed by atoms with E-state index in [0.717, 1.165) is 30.2 Å². The third-order valence-electron chi connectivity index (χ3n) is 3.26. The molecule has 2 aromatic rings. The van der Waals surface area contributed by atoms with Crippen molar-refractivity contribution in [3.8, 4) is 0 Å². The second kappa shape index (κ2) is 4.33. The van der Waals surface area contributed by atoms with Gasteiger partial charge < -0.3 is 15.2 Å². The van der Waals surface area contributed by atoms with Crippen LogP contribution in [0.3, 0.4) is 0 Å². The molecular weight excluding hydrogens is 214 g/mol. The van der Waals surface area contributed by atoms with Crippen LogP contribution in [0.2, 0.25) is 0 Å². The number of hydrogen-bond donors (Lipinski definition) is 2. The number of hydrogen-bond acceptors (Lipinski definition) is 4. The predicted molar refractivity (Wildman–Crippen MR) is 68.2 cm³/mol. The van der Waals surface area contributed by atoms with E-state index in [-0.39, 0.29) is 0 Å². The van der Waals surface area contributed by atoms with Crippen molar-refractivity contribution in [2.45, 2.75) is 18.9 Å². The summed E-state index contributed by atoms with van der Waals surface area (Å²) in [6.45, 7) is 2.13. The van der Waals surface area contributed by atoms with E-state index >= 15 is 0 Å². The van der Waals surface area contributed by atoms with Gasteiger partial charge in [-0.3, -0.25) is 0 Å². The van der Waals surface area contributed by atoms with Gasteiger partial charge in [0.15, 0.2) is 5.65 Å². The molecule has 2 aromatic heterocycles. The van der Waals surface area contributed by atoms with Gasteiger partial charge in [0.1, 0.15) is 0 Å². The summed E-state index contributed by atoms with van der Waals surface area (Å²) in [5.74, 6) is 0.896. The summed E-state index contributed by atoms with van der Waals surface area (Å²) in [6, 6.07) is 4.50. The van der Waals surface area contributed by atoms with Gasteiger partial charge in [0.25, 0.3) is 0 Å². The number of H-pyrrole nitrogens is 1. The van der Waals surface area contributed by atoms with Crippen molar-refractivity contribution in [2.24, 2.45) is 0 Å². The Kier molecular flexibility index (Phi) is 2.68. The number of nitrogens with zero attached hydrogens (tertiary/aromatic N) is 3. The number of fused-ring (bicyclic) bond motifs is 1. The molecule has 5 heteroatoms. The van der Waals surface area contributed by atoms with Gasteiger partial charge in [0.2, 0.25) is 5.95 Å². The normalized spacial score (nSPS) is 19.9. The number of rotatable bonds is 3. The lowest BCUT2D eigenvalue weighted by atomic mass is 10.2. The van der Waals surface area contributed by atoms with Crippen molar-refractivity contribution in [2.75, 3.05) is 25.0 Å². The molecule has 0 saturated carbocycles. The van der Waals surface area contributed by atoms with Crippen molar-refractivity contribution in [1.29, 1.82) is 0 Å². The molecule has 3 heterocycles. The molecule has 0 radical (unpaired) electrons. The fraction of sp³-hybridized carbons (Fsp3) is 0.500. The molecule has 5 nitrogen and oxygen atoms in total. The first-order valence-electron chi connectivity index (χ1n) is 6.08.